The van der Waals surface area contributed by atoms with Gasteiger partial charge in [-0.2, -0.15) is 0 Å². The zero-order valence-electron chi connectivity index (χ0n) is 11.4. The van der Waals surface area contributed by atoms with Crippen molar-refractivity contribution >= 4 is 0 Å². The van der Waals surface area contributed by atoms with E-state index >= 15 is 0 Å². The second-order valence-electron chi connectivity index (χ2n) is 5.61. The molecule has 104 valence electrons. The van der Waals surface area contributed by atoms with E-state index in [0.717, 1.165) is 38.2 Å². The van der Waals surface area contributed by atoms with E-state index in [2.05, 4.69) is 18.2 Å². The van der Waals surface area contributed by atoms with Crippen molar-refractivity contribution in [2.24, 2.45) is 5.73 Å². The van der Waals surface area contributed by atoms with Gasteiger partial charge in [-0.15, -0.1) is 0 Å². The van der Waals surface area contributed by atoms with Crippen molar-refractivity contribution in [2.45, 2.75) is 50.7 Å². The number of nitrogens with two attached hydrogens (primary N) is 1. The van der Waals surface area contributed by atoms with E-state index in [1.165, 1.54) is 30.4 Å². The minimum Gasteiger partial charge on any atom is -0.493 e. The molecule has 0 bridgehead atoms. The lowest BCUT2D eigenvalue weighted by molar-refractivity contribution is 0.00909. The van der Waals surface area contributed by atoms with E-state index in [1.54, 1.807) is 0 Å². The third kappa shape index (κ3) is 2.93. The summed E-state index contributed by atoms with van der Waals surface area (Å²) in [6.45, 7) is 1.72. The van der Waals surface area contributed by atoms with Gasteiger partial charge in [-0.25, -0.2) is 0 Å². The molecule has 0 saturated carbocycles. The highest BCUT2D eigenvalue weighted by Crippen LogP contribution is 2.34. The molecular formula is C16H23NO2. The summed E-state index contributed by atoms with van der Waals surface area (Å²) in [7, 11) is 0. The van der Waals surface area contributed by atoms with E-state index in [4.69, 9.17) is 15.2 Å². The average molecular weight is 261 g/mol. The predicted molar refractivity (Wildman–Crippen MR) is 75.4 cm³/mol. The van der Waals surface area contributed by atoms with Crippen molar-refractivity contribution in [1.29, 1.82) is 0 Å². The van der Waals surface area contributed by atoms with Gasteiger partial charge >= 0.3 is 0 Å². The second kappa shape index (κ2) is 5.93. The van der Waals surface area contributed by atoms with Gasteiger partial charge in [0.2, 0.25) is 0 Å². The molecule has 1 fully saturated rings. The standard InChI is InChI=1S/C16H23NO2/c17-15(8-7-13-5-1-2-10-18-13)14-6-3-4-12-9-11-19-16(12)14/h3-4,6,13,15H,1-2,5,7-11,17H2. The van der Waals surface area contributed by atoms with Crippen molar-refractivity contribution in [2.75, 3.05) is 13.2 Å². The number of para-hydroxylation sites is 1. The van der Waals surface area contributed by atoms with Gasteiger partial charge in [0, 0.05) is 24.6 Å². The monoisotopic (exact) mass is 261 g/mol. The molecule has 2 aliphatic rings. The molecule has 2 N–H and O–H groups in total. The topological polar surface area (TPSA) is 44.5 Å². The number of ether oxygens (including phenoxy) is 2. The van der Waals surface area contributed by atoms with Crippen LogP contribution in [0.1, 0.15) is 49.3 Å². The van der Waals surface area contributed by atoms with Gasteiger partial charge < -0.3 is 15.2 Å². The quantitative estimate of drug-likeness (QED) is 0.906. The van der Waals surface area contributed by atoms with Crippen LogP contribution in [0.3, 0.4) is 0 Å². The second-order valence-corrected chi connectivity index (χ2v) is 5.61. The molecule has 3 nitrogen and oxygen atoms in total. The third-order valence-corrected chi connectivity index (χ3v) is 4.22. The van der Waals surface area contributed by atoms with Crippen LogP contribution in [0, 0.1) is 0 Å². The molecule has 0 aliphatic carbocycles. The molecule has 0 aromatic heterocycles. The molecule has 1 aromatic carbocycles. The summed E-state index contributed by atoms with van der Waals surface area (Å²) < 4.78 is 11.5. The van der Waals surface area contributed by atoms with Crippen molar-refractivity contribution in [1.82, 2.24) is 0 Å². The molecule has 1 saturated heterocycles. The molecule has 3 heteroatoms. The fourth-order valence-electron chi connectivity index (χ4n) is 3.09. The minimum atomic E-state index is 0.0681. The summed E-state index contributed by atoms with van der Waals surface area (Å²) >= 11 is 0. The summed E-state index contributed by atoms with van der Waals surface area (Å²) in [6.07, 6.45) is 7.16. The smallest absolute Gasteiger partial charge is 0.127 e. The number of fused-ring (bicyclic) bond motifs is 1. The zero-order valence-corrected chi connectivity index (χ0v) is 11.4. The molecule has 0 radical (unpaired) electrons. The molecule has 1 aromatic rings. The third-order valence-electron chi connectivity index (χ3n) is 4.22. The Kier molecular flexibility index (Phi) is 4.04. The lowest BCUT2D eigenvalue weighted by Crippen LogP contribution is -2.21. The SMILES string of the molecule is NC(CCC1CCCCO1)c1cccc2c1OCC2. The molecule has 0 spiro atoms. The zero-order chi connectivity index (χ0) is 13.1. The molecule has 19 heavy (non-hydrogen) atoms. The van der Waals surface area contributed by atoms with E-state index < -0.39 is 0 Å². The van der Waals surface area contributed by atoms with Crippen LogP contribution in [0.15, 0.2) is 18.2 Å². The maximum atomic E-state index is 6.35. The Balaban J connectivity index is 1.61. The van der Waals surface area contributed by atoms with Gasteiger partial charge in [0.1, 0.15) is 5.75 Å². The predicted octanol–water partition coefficient (Wildman–Crippen LogP) is 2.97. The first-order valence-electron chi connectivity index (χ1n) is 7.46. The summed E-state index contributed by atoms with van der Waals surface area (Å²) in [4.78, 5) is 0. The molecule has 2 atom stereocenters. The molecular weight excluding hydrogens is 238 g/mol. The molecule has 2 unspecified atom stereocenters. The number of benzene rings is 1. The van der Waals surface area contributed by atoms with E-state index in [9.17, 15) is 0 Å². The first-order chi connectivity index (χ1) is 9.34. The molecule has 0 amide bonds. The Hall–Kier alpha value is -1.06. The van der Waals surface area contributed by atoms with Crippen LogP contribution in [0.5, 0.6) is 5.75 Å². The van der Waals surface area contributed by atoms with Crippen LogP contribution in [0.25, 0.3) is 0 Å². The van der Waals surface area contributed by atoms with Crippen LogP contribution in [0.4, 0.5) is 0 Å². The highest BCUT2D eigenvalue weighted by atomic mass is 16.5. The summed E-state index contributed by atoms with van der Waals surface area (Å²) in [6, 6.07) is 6.41. The Morgan fingerprint density at radius 1 is 1.26 bits per heavy atom. The summed E-state index contributed by atoms with van der Waals surface area (Å²) in [5, 5.41) is 0. The van der Waals surface area contributed by atoms with Crippen LogP contribution in [0.2, 0.25) is 0 Å². The maximum absolute atomic E-state index is 6.35. The highest BCUT2D eigenvalue weighted by molar-refractivity contribution is 5.45. The Morgan fingerprint density at radius 3 is 3.05 bits per heavy atom. The van der Waals surface area contributed by atoms with E-state index in [0.29, 0.717) is 6.10 Å². The largest absolute Gasteiger partial charge is 0.493 e. The van der Waals surface area contributed by atoms with Crippen LogP contribution >= 0.6 is 0 Å². The normalized spacial score (nSPS) is 23.7. The van der Waals surface area contributed by atoms with Crippen LogP contribution in [-0.4, -0.2) is 19.3 Å². The van der Waals surface area contributed by atoms with Crippen molar-refractivity contribution < 1.29 is 9.47 Å². The number of hydrogen-bond acceptors (Lipinski definition) is 3. The highest BCUT2D eigenvalue weighted by Gasteiger charge is 2.21. The molecule has 3 rings (SSSR count). The van der Waals surface area contributed by atoms with E-state index in [1.807, 2.05) is 0 Å². The Bertz CT molecular complexity index is 427. The lowest BCUT2D eigenvalue weighted by Gasteiger charge is -2.24. The summed E-state index contributed by atoms with van der Waals surface area (Å²) in [5.74, 6) is 1.04. The summed E-state index contributed by atoms with van der Waals surface area (Å²) in [5.41, 5.74) is 8.83. The van der Waals surface area contributed by atoms with Gasteiger partial charge in [0.15, 0.2) is 0 Å². The average Bonchev–Trinajstić information content (AvgIpc) is 2.94. The fourth-order valence-corrected chi connectivity index (χ4v) is 3.09. The van der Waals surface area contributed by atoms with Gasteiger partial charge in [-0.05, 0) is 37.7 Å². The fraction of sp³-hybridized carbons (Fsp3) is 0.625. The van der Waals surface area contributed by atoms with Crippen LogP contribution < -0.4 is 10.5 Å². The Labute approximate surface area is 115 Å². The Morgan fingerprint density at radius 2 is 2.21 bits per heavy atom. The van der Waals surface area contributed by atoms with Crippen molar-refractivity contribution in [3.8, 4) is 5.75 Å². The van der Waals surface area contributed by atoms with Gasteiger partial charge in [0.25, 0.3) is 0 Å². The first-order valence-corrected chi connectivity index (χ1v) is 7.46. The van der Waals surface area contributed by atoms with Gasteiger partial charge in [0.05, 0.1) is 12.7 Å². The minimum absolute atomic E-state index is 0.0681. The van der Waals surface area contributed by atoms with Crippen molar-refractivity contribution in [3.05, 3.63) is 29.3 Å². The number of hydrogen-bond donors (Lipinski definition) is 1. The maximum Gasteiger partial charge on any atom is 0.127 e. The molecule has 2 aliphatic heterocycles. The first kappa shape index (κ1) is 12.9. The van der Waals surface area contributed by atoms with E-state index in [-0.39, 0.29) is 6.04 Å². The van der Waals surface area contributed by atoms with Crippen LogP contribution in [-0.2, 0) is 11.2 Å². The van der Waals surface area contributed by atoms with Gasteiger partial charge in [-0.3, -0.25) is 0 Å². The lowest BCUT2D eigenvalue weighted by atomic mass is 9.96. The van der Waals surface area contributed by atoms with Gasteiger partial charge in [-0.1, -0.05) is 18.2 Å². The van der Waals surface area contributed by atoms with Crippen molar-refractivity contribution in [3.63, 3.8) is 0 Å². The number of rotatable bonds is 4. The molecule has 2 heterocycles.